The van der Waals surface area contributed by atoms with E-state index in [0.717, 1.165) is 6.42 Å². The summed E-state index contributed by atoms with van der Waals surface area (Å²) in [5, 5.41) is 47.9. The van der Waals surface area contributed by atoms with E-state index in [0.29, 0.717) is 0 Å². The standard InChI is InChI=1S/C23H19N.5C22H17N/c1-3-15-9-6-10-19-22-20-14-17-8-5-4-7-16(17)13-18(20)11-12-21(22)24(2)23(15)19;1-14-6-5-9-18-21-19-13-16-8-4-3-7-15(16)12-17(19)10-11-20(21)23(2)22(14)18;4*1-14-7-9-18-21(11-14)23(2)20-10-8-17-12-15-5-3-4-6-16(15)13-19(17)22(18)20/h4-14H,3H2,1-2H3;5*3-13H,1-2H3. The van der Waals surface area contributed by atoms with Gasteiger partial charge in [-0.25, -0.2) is 0 Å². The molecule has 139 heavy (non-hydrogen) atoms. The summed E-state index contributed by atoms with van der Waals surface area (Å²) in [7, 11) is 13.0. The van der Waals surface area contributed by atoms with Crippen LogP contribution < -0.4 is 0 Å². The van der Waals surface area contributed by atoms with Crippen molar-refractivity contribution in [2.24, 2.45) is 42.3 Å². The molecule has 0 unspecified atom stereocenters. The van der Waals surface area contributed by atoms with Crippen LogP contribution in [0, 0.1) is 34.6 Å². The zero-order valence-electron chi connectivity index (χ0n) is 80.5. The van der Waals surface area contributed by atoms with Gasteiger partial charge in [0.2, 0.25) is 0 Å². The van der Waals surface area contributed by atoms with Gasteiger partial charge in [0.1, 0.15) is 0 Å². The molecule has 24 aromatic carbocycles. The van der Waals surface area contributed by atoms with Crippen LogP contribution in [0.2, 0.25) is 0 Å². The van der Waals surface area contributed by atoms with Gasteiger partial charge in [-0.05, 0) is 337 Å². The zero-order valence-corrected chi connectivity index (χ0v) is 80.5. The molecule has 0 radical (unpaired) electrons. The molecule has 0 fully saturated rings. The fraction of sp³-hybridized carbons (Fsp3) is 0.0977. The minimum Gasteiger partial charge on any atom is -0.344 e. The second kappa shape index (κ2) is 33.0. The van der Waals surface area contributed by atoms with Gasteiger partial charge >= 0.3 is 0 Å². The molecule has 666 valence electrons. The maximum atomic E-state index is 2.36. The quantitative estimate of drug-likeness (QED) is 0.147. The van der Waals surface area contributed by atoms with Crippen molar-refractivity contribution in [2.75, 3.05) is 0 Å². The van der Waals surface area contributed by atoms with Crippen LogP contribution in [-0.2, 0) is 48.7 Å². The predicted molar refractivity (Wildman–Crippen MR) is 606 cm³/mol. The summed E-state index contributed by atoms with van der Waals surface area (Å²) in [5.74, 6) is 0. The number of para-hydroxylation sites is 2. The van der Waals surface area contributed by atoms with Gasteiger partial charge in [0, 0.05) is 162 Å². The Labute approximate surface area is 805 Å². The van der Waals surface area contributed by atoms with Crippen LogP contribution in [-0.4, -0.2) is 27.4 Å². The van der Waals surface area contributed by atoms with Crippen molar-refractivity contribution in [3.8, 4) is 0 Å². The summed E-state index contributed by atoms with van der Waals surface area (Å²) >= 11 is 0. The van der Waals surface area contributed by atoms with Crippen molar-refractivity contribution in [1.29, 1.82) is 0 Å². The van der Waals surface area contributed by atoms with E-state index >= 15 is 0 Å². The van der Waals surface area contributed by atoms with Gasteiger partial charge in [0.05, 0.1) is 11.0 Å². The van der Waals surface area contributed by atoms with E-state index in [1.165, 1.54) is 293 Å². The van der Waals surface area contributed by atoms with E-state index < -0.39 is 0 Å². The number of hydrogen-bond acceptors (Lipinski definition) is 0. The number of nitrogens with zero attached hydrogens (tertiary/aromatic N) is 6. The molecule has 6 aromatic heterocycles. The number of aryl methyl sites for hydroxylation is 12. The molecule has 0 saturated heterocycles. The van der Waals surface area contributed by atoms with Crippen LogP contribution in [0.5, 0.6) is 0 Å². The highest BCUT2D eigenvalue weighted by Gasteiger charge is 2.21. The van der Waals surface area contributed by atoms with Gasteiger partial charge in [-0.3, -0.25) is 0 Å². The summed E-state index contributed by atoms with van der Waals surface area (Å²) in [6, 6.07) is 147. The van der Waals surface area contributed by atoms with Crippen LogP contribution in [0.1, 0.15) is 40.3 Å². The summed E-state index contributed by atoms with van der Waals surface area (Å²) in [4.78, 5) is 0. The third-order valence-electron chi connectivity index (χ3n) is 30.4. The van der Waals surface area contributed by atoms with Crippen molar-refractivity contribution in [3.63, 3.8) is 0 Å². The summed E-state index contributed by atoms with van der Waals surface area (Å²) in [6.45, 7) is 13.0. The van der Waals surface area contributed by atoms with Gasteiger partial charge < -0.3 is 27.4 Å². The van der Waals surface area contributed by atoms with E-state index in [2.05, 4.69) is 512 Å². The van der Waals surface area contributed by atoms with Crippen LogP contribution in [0.25, 0.3) is 260 Å². The predicted octanol–water partition coefficient (Wildman–Crippen LogP) is 35.9. The number of benzene rings is 24. The minimum absolute atomic E-state index is 1.06. The minimum atomic E-state index is 1.06. The topological polar surface area (TPSA) is 29.6 Å². The average Bonchev–Trinajstić information content (AvgIpc) is 1.58. The van der Waals surface area contributed by atoms with Crippen LogP contribution in [0.3, 0.4) is 0 Å². The Hall–Kier alpha value is -16.8. The second-order valence-corrected chi connectivity index (χ2v) is 38.9. The van der Waals surface area contributed by atoms with Crippen LogP contribution in [0.4, 0.5) is 0 Å². The lowest BCUT2D eigenvalue weighted by Crippen LogP contribution is -1.91. The maximum Gasteiger partial charge on any atom is 0.0521 e. The van der Waals surface area contributed by atoms with Crippen molar-refractivity contribution >= 4 is 260 Å². The largest absolute Gasteiger partial charge is 0.344 e. The molecular weight excluding hydrogens is 1680 g/mol. The molecular formula is C133H104N6. The molecule has 0 saturated carbocycles. The molecule has 6 heteroatoms. The Morgan fingerprint density at radius 2 is 0.360 bits per heavy atom. The maximum absolute atomic E-state index is 2.36. The molecule has 0 bridgehead atoms. The summed E-state index contributed by atoms with van der Waals surface area (Å²) < 4.78 is 13.9. The lowest BCUT2D eigenvalue weighted by molar-refractivity contribution is 0.995. The smallest absolute Gasteiger partial charge is 0.0521 e. The molecule has 6 nitrogen and oxygen atoms in total. The SMILES string of the molecule is CCc1cccc2c3c4cc5ccccc5cc4ccc3n(C)c12.Cc1ccc2c3c4cc5ccccc5cc4ccc3n(C)c2c1.Cc1ccc2c3c4cc5ccccc5cc4ccc3n(C)c2c1.Cc1ccc2c3c4cc5ccccc5cc4ccc3n(C)c2c1.Cc1ccc2c3c4cc5ccccc5cc4ccc3n(C)c2c1.Cc1cccc2c3c4cc5ccccc5cc4ccc3n(C)c12. The Morgan fingerprint density at radius 1 is 0.151 bits per heavy atom. The van der Waals surface area contributed by atoms with E-state index in [9.17, 15) is 0 Å². The highest BCUT2D eigenvalue weighted by molar-refractivity contribution is 6.29. The summed E-state index contributed by atoms with van der Waals surface area (Å²) in [6.07, 6.45) is 1.06. The monoisotopic (exact) mass is 1780 g/mol. The Kier molecular flexibility index (Phi) is 20.0. The van der Waals surface area contributed by atoms with Gasteiger partial charge in [-0.1, -0.05) is 274 Å². The van der Waals surface area contributed by atoms with Crippen molar-refractivity contribution < 1.29 is 0 Å². The molecule has 30 aromatic rings. The third kappa shape index (κ3) is 13.8. The molecule has 6 heterocycles. The van der Waals surface area contributed by atoms with Crippen molar-refractivity contribution in [2.45, 2.75) is 48.0 Å². The number of rotatable bonds is 1. The van der Waals surface area contributed by atoms with Crippen molar-refractivity contribution in [1.82, 2.24) is 27.4 Å². The van der Waals surface area contributed by atoms with Crippen LogP contribution >= 0.6 is 0 Å². The Balaban J connectivity index is 0.0000000882. The van der Waals surface area contributed by atoms with E-state index in [1.807, 2.05) is 0 Å². The first-order valence-electron chi connectivity index (χ1n) is 48.7. The highest BCUT2D eigenvalue weighted by Crippen LogP contribution is 2.45. The van der Waals surface area contributed by atoms with E-state index in [-0.39, 0.29) is 0 Å². The molecule has 0 aliphatic heterocycles. The van der Waals surface area contributed by atoms with Crippen LogP contribution in [0.15, 0.2) is 400 Å². The first kappa shape index (κ1) is 84.0. The molecule has 0 spiro atoms. The first-order valence-corrected chi connectivity index (χ1v) is 48.7. The first-order chi connectivity index (χ1) is 67.9. The third-order valence-corrected chi connectivity index (χ3v) is 30.4. The highest BCUT2D eigenvalue weighted by atomic mass is 15.0. The molecule has 0 atom stereocenters. The van der Waals surface area contributed by atoms with E-state index in [4.69, 9.17) is 0 Å². The van der Waals surface area contributed by atoms with E-state index in [1.54, 1.807) is 0 Å². The fourth-order valence-electron chi connectivity index (χ4n) is 23.5. The Morgan fingerprint density at radius 3 is 0.604 bits per heavy atom. The molecule has 0 aliphatic rings. The molecule has 0 N–H and O–H groups in total. The van der Waals surface area contributed by atoms with Gasteiger partial charge in [-0.15, -0.1) is 0 Å². The Bertz CT molecular complexity index is 9640. The van der Waals surface area contributed by atoms with Gasteiger partial charge in [0.15, 0.2) is 0 Å². The van der Waals surface area contributed by atoms with Gasteiger partial charge in [0.25, 0.3) is 0 Å². The number of aromatic nitrogens is 6. The molecule has 0 amide bonds. The fourth-order valence-corrected chi connectivity index (χ4v) is 23.5. The van der Waals surface area contributed by atoms with Crippen molar-refractivity contribution in [3.05, 3.63) is 434 Å². The lowest BCUT2D eigenvalue weighted by Gasteiger charge is -2.05. The van der Waals surface area contributed by atoms with Gasteiger partial charge in [-0.2, -0.15) is 0 Å². The number of fused-ring (bicyclic) bond motifs is 36. The average molecular weight is 1790 g/mol. The zero-order chi connectivity index (χ0) is 94.0. The number of hydrogen-bond donors (Lipinski definition) is 0. The molecule has 0 aliphatic carbocycles. The second-order valence-electron chi connectivity index (χ2n) is 38.9. The normalized spacial score (nSPS) is 11.9. The summed E-state index contributed by atoms with van der Waals surface area (Å²) in [5.41, 5.74) is 23.7. The lowest BCUT2D eigenvalue weighted by atomic mass is 9.99. The molecule has 30 rings (SSSR count).